The predicted molar refractivity (Wildman–Crippen MR) is 156 cm³/mol. The molecule has 1 atom stereocenters. The van der Waals surface area contributed by atoms with Crippen LogP contribution in [0.3, 0.4) is 0 Å². The van der Waals surface area contributed by atoms with Gasteiger partial charge < -0.3 is 10.2 Å². The number of nitrogens with one attached hydrogen (secondary N) is 1. The third-order valence-corrected chi connectivity index (χ3v) is 8.30. The average Bonchev–Trinajstić information content (AvgIpc) is 2.88. The van der Waals surface area contributed by atoms with Gasteiger partial charge in [0.15, 0.2) is 0 Å². The summed E-state index contributed by atoms with van der Waals surface area (Å²) in [6.45, 7) is 11.0. The van der Waals surface area contributed by atoms with Crippen LogP contribution in [0.4, 0.5) is 5.69 Å². The number of hydrogen-bond acceptors (Lipinski definition) is 4. The van der Waals surface area contributed by atoms with Gasteiger partial charge in [0.25, 0.3) is 10.0 Å². The van der Waals surface area contributed by atoms with Gasteiger partial charge in [-0.1, -0.05) is 72.6 Å². The zero-order valence-electron chi connectivity index (χ0n) is 23.6. The summed E-state index contributed by atoms with van der Waals surface area (Å²) in [4.78, 5) is 28.8. The molecule has 0 saturated carbocycles. The van der Waals surface area contributed by atoms with Crippen LogP contribution >= 0.6 is 0 Å². The van der Waals surface area contributed by atoms with Gasteiger partial charge in [0.1, 0.15) is 12.6 Å². The van der Waals surface area contributed by atoms with Crippen LogP contribution in [0.2, 0.25) is 0 Å². The van der Waals surface area contributed by atoms with E-state index in [9.17, 15) is 18.0 Å². The largest absolute Gasteiger partial charge is 0.352 e. The van der Waals surface area contributed by atoms with Crippen molar-refractivity contribution in [3.63, 3.8) is 0 Å². The van der Waals surface area contributed by atoms with E-state index in [0.717, 1.165) is 22.3 Å². The first kappa shape index (κ1) is 29.9. The highest BCUT2D eigenvalue weighted by molar-refractivity contribution is 7.92. The summed E-state index contributed by atoms with van der Waals surface area (Å²) >= 11 is 0. The van der Waals surface area contributed by atoms with Crippen molar-refractivity contribution in [1.29, 1.82) is 0 Å². The van der Waals surface area contributed by atoms with E-state index in [0.29, 0.717) is 12.1 Å². The molecule has 0 saturated heterocycles. The van der Waals surface area contributed by atoms with Gasteiger partial charge in [-0.2, -0.15) is 0 Å². The number of hydrogen-bond donors (Lipinski definition) is 1. The summed E-state index contributed by atoms with van der Waals surface area (Å²) in [5.74, 6) is -0.725. The average molecular weight is 550 g/mol. The number of amides is 2. The van der Waals surface area contributed by atoms with E-state index < -0.39 is 28.5 Å². The highest BCUT2D eigenvalue weighted by Crippen LogP contribution is 2.28. The normalized spacial score (nSPS) is 12.2. The van der Waals surface area contributed by atoms with Crippen molar-refractivity contribution in [3.8, 4) is 0 Å². The minimum absolute atomic E-state index is 0.0973. The van der Waals surface area contributed by atoms with Gasteiger partial charge in [0.05, 0.1) is 10.6 Å². The number of rotatable bonds is 11. The van der Waals surface area contributed by atoms with E-state index in [2.05, 4.69) is 5.32 Å². The number of carbonyl (C=O) groups excluding carboxylic acids is 2. The molecule has 208 valence electrons. The second-order valence-electron chi connectivity index (χ2n) is 10.2. The number of sulfonamides is 1. The zero-order chi connectivity index (χ0) is 28.7. The van der Waals surface area contributed by atoms with Crippen molar-refractivity contribution in [2.75, 3.05) is 10.8 Å². The summed E-state index contributed by atoms with van der Waals surface area (Å²) < 4.78 is 29.2. The van der Waals surface area contributed by atoms with Gasteiger partial charge in [-0.3, -0.25) is 13.9 Å². The van der Waals surface area contributed by atoms with Crippen LogP contribution < -0.4 is 9.62 Å². The monoisotopic (exact) mass is 549 g/mol. The Morgan fingerprint density at radius 2 is 1.49 bits per heavy atom. The fourth-order valence-electron chi connectivity index (χ4n) is 4.52. The topological polar surface area (TPSA) is 86.8 Å². The van der Waals surface area contributed by atoms with Crippen molar-refractivity contribution in [1.82, 2.24) is 10.2 Å². The molecule has 8 heteroatoms. The van der Waals surface area contributed by atoms with Gasteiger partial charge >= 0.3 is 0 Å². The summed E-state index contributed by atoms with van der Waals surface area (Å²) in [6, 6.07) is 20.6. The number of benzene rings is 3. The van der Waals surface area contributed by atoms with Crippen LogP contribution in [0.15, 0.2) is 77.7 Å². The first-order valence-electron chi connectivity index (χ1n) is 13.2. The molecule has 0 radical (unpaired) electrons. The molecule has 3 aromatic carbocycles. The van der Waals surface area contributed by atoms with E-state index in [1.807, 2.05) is 84.0 Å². The fourth-order valence-corrected chi connectivity index (χ4v) is 6.00. The van der Waals surface area contributed by atoms with Gasteiger partial charge in [0, 0.05) is 12.6 Å². The SMILES string of the molecule is CC[C@H](C(=O)NC(C)C)N(Cc1ccccc1)C(=O)CN(c1ccc(C)cc1C)S(=O)(=O)c1ccc(C)cc1. The lowest BCUT2D eigenvalue weighted by Gasteiger charge is -2.34. The van der Waals surface area contributed by atoms with Crippen LogP contribution in [0, 0.1) is 20.8 Å². The summed E-state index contributed by atoms with van der Waals surface area (Å²) in [6.07, 6.45) is 0.380. The lowest BCUT2D eigenvalue weighted by atomic mass is 10.1. The molecule has 7 nitrogen and oxygen atoms in total. The van der Waals surface area contributed by atoms with E-state index in [4.69, 9.17) is 0 Å². The Morgan fingerprint density at radius 1 is 0.872 bits per heavy atom. The highest BCUT2D eigenvalue weighted by atomic mass is 32.2. The maximum absolute atomic E-state index is 14.1. The van der Waals surface area contributed by atoms with Crippen LogP contribution in [0.25, 0.3) is 0 Å². The summed E-state index contributed by atoms with van der Waals surface area (Å²) in [5, 5.41) is 2.91. The Morgan fingerprint density at radius 3 is 2.05 bits per heavy atom. The lowest BCUT2D eigenvalue weighted by Crippen LogP contribution is -2.53. The van der Waals surface area contributed by atoms with Crippen LogP contribution in [-0.2, 0) is 26.2 Å². The van der Waals surface area contributed by atoms with Gasteiger partial charge in [0.2, 0.25) is 11.8 Å². The Bertz CT molecular complexity index is 1390. The molecule has 0 heterocycles. The Kier molecular flexibility index (Phi) is 9.92. The third kappa shape index (κ3) is 7.47. The van der Waals surface area contributed by atoms with Crippen molar-refractivity contribution in [3.05, 3.63) is 95.1 Å². The van der Waals surface area contributed by atoms with Crippen LogP contribution in [0.5, 0.6) is 0 Å². The third-order valence-electron chi connectivity index (χ3n) is 6.52. The summed E-state index contributed by atoms with van der Waals surface area (Å²) in [7, 11) is -4.09. The molecule has 2 amide bonds. The Labute approximate surface area is 232 Å². The number of anilines is 1. The number of aryl methyl sites for hydroxylation is 3. The number of carbonyl (C=O) groups is 2. The maximum Gasteiger partial charge on any atom is 0.264 e. The van der Waals surface area contributed by atoms with Crippen LogP contribution in [-0.4, -0.2) is 43.8 Å². The zero-order valence-corrected chi connectivity index (χ0v) is 24.5. The van der Waals surface area contributed by atoms with Crippen molar-refractivity contribution < 1.29 is 18.0 Å². The first-order chi connectivity index (χ1) is 18.4. The number of nitrogens with zero attached hydrogens (tertiary/aromatic N) is 2. The van der Waals surface area contributed by atoms with E-state index >= 15 is 0 Å². The van der Waals surface area contributed by atoms with Crippen molar-refractivity contribution in [2.45, 2.75) is 71.5 Å². The predicted octanol–water partition coefficient (Wildman–Crippen LogP) is 5.14. The highest BCUT2D eigenvalue weighted by Gasteiger charge is 2.34. The first-order valence-corrected chi connectivity index (χ1v) is 14.7. The molecule has 0 spiro atoms. The molecule has 0 aliphatic carbocycles. The Balaban J connectivity index is 2.08. The van der Waals surface area contributed by atoms with Crippen molar-refractivity contribution in [2.24, 2.45) is 0 Å². The molecule has 0 aliphatic heterocycles. The molecule has 3 rings (SSSR count). The van der Waals surface area contributed by atoms with Crippen molar-refractivity contribution >= 4 is 27.5 Å². The molecule has 0 aromatic heterocycles. The second kappa shape index (κ2) is 12.9. The standard InChI is InChI=1S/C31H39N3O4S/c1-7-28(31(36)32-22(2)3)33(20-26-11-9-8-10-12-26)30(35)21-34(29-18-15-24(5)19-25(29)6)39(37,38)27-16-13-23(4)14-17-27/h8-19,22,28H,7,20-21H2,1-6H3,(H,32,36)/t28-/m1/s1. The van der Waals surface area contributed by atoms with E-state index in [1.165, 1.54) is 9.21 Å². The smallest absolute Gasteiger partial charge is 0.264 e. The Hall–Kier alpha value is -3.65. The van der Waals surface area contributed by atoms with Gasteiger partial charge in [-0.15, -0.1) is 0 Å². The molecular formula is C31H39N3O4S. The fraction of sp³-hybridized carbons (Fsp3) is 0.355. The second-order valence-corrected chi connectivity index (χ2v) is 12.1. The minimum atomic E-state index is -4.09. The van der Waals surface area contributed by atoms with E-state index in [1.54, 1.807) is 30.3 Å². The van der Waals surface area contributed by atoms with Crippen LogP contribution in [0.1, 0.15) is 49.4 Å². The molecule has 39 heavy (non-hydrogen) atoms. The minimum Gasteiger partial charge on any atom is -0.352 e. The van der Waals surface area contributed by atoms with Gasteiger partial charge in [-0.05, 0) is 70.4 Å². The molecule has 0 fully saturated rings. The summed E-state index contributed by atoms with van der Waals surface area (Å²) in [5.41, 5.74) is 3.92. The molecular weight excluding hydrogens is 510 g/mol. The van der Waals surface area contributed by atoms with E-state index in [-0.39, 0.29) is 23.4 Å². The quantitative estimate of drug-likeness (QED) is 0.359. The molecule has 0 aliphatic rings. The maximum atomic E-state index is 14.1. The lowest BCUT2D eigenvalue weighted by molar-refractivity contribution is -0.140. The molecule has 0 bridgehead atoms. The molecule has 1 N–H and O–H groups in total. The van der Waals surface area contributed by atoms with Gasteiger partial charge in [-0.25, -0.2) is 8.42 Å². The molecule has 3 aromatic rings. The molecule has 0 unspecified atom stereocenters.